The van der Waals surface area contributed by atoms with Gasteiger partial charge in [-0.2, -0.15) is 0 Å². The number of rotatable bonds is 4. The number of hydrogen-bond donors (Lipinski definition) is 0. The van der Waals surface area contributed by atoms with Crippen molar-refractivity contribution in [3.8, 4) is 5.75 Å². The van der Waals surface area contributed by atoms with Crippen molar-refractivity contribution in [3.05, 3.63) is 87.4 Å². The number of hydrogen-bond acceptors (Lipinski definition) is 4. The van der Waals surface area contributed by atoms with E-state index in [1.165, 1.54) is 19.2 Å². The standard InChI is InChI=1S/C27H23ClF2N2O3/c1-15-11-22(30)23(13-20(15)28)31-9-7-16(8-10-31)19-12-25(35-2)24(14-21(19)29)32-26(33)17-5-3-4-6-18(17)27(32)34/h3-6,11-14,16H,7-10H2,1-2H3. The first-order valence-electron chi connectivity index (χ1n) is 11.4. The number of benzene rings is 3. The van der Waals surface area contributed by atoms with Crippen LogP contribution in [0.1, 0.15) is 50.6 Å². The molecule has 2 aliphatic heterocycles. The van der Waals surface area contributed by atoms with Gasteiger partial charge in [0.1, 0.15) is 17.4 Å². The molecule has 5 nitrogen and oxygen atoms in total. The molecule has 0 aliphatic carbocycles. The predicted molar refractivity (Wildman–Crippen MR) is 131 cm³/mol. The van der Waals surface area contributed by atoms with Crippen LogP contribution >= 0.6 is 11.6 Å². The van der Waals surface area contributed by atoms with E-state index in [1.54, 1.807) is 43.3 Å². The molecule has 35 heavy (non-hydrogen) atoms. The van der Waals surface area contributed by atoms with E-state index in [9.17, 15) is 14.0 Å². The van der Waals surface area contributed by atoms with Crippen LogP contribution in [-0.4, -0.2) is 32.0 Å². The number of methoxy groups -OCH3 is 1. The van der Waals surface area contributed by atoms with Crippen LogP contribution < -0.4 is 14.5 Å². The molecule has 0 radical (unpaired) electrons. The minimum Gasteiger partial charge on any atom is -0.495 e. The van der Waals surface area contributed by atoms with Crippen LogP contribution in [0.4, 0.5) is 20.2 Å². The molecule has 5 rings (SSSR count). The molecule has 1 fully saturated rings. The van der Waals surface area contributed by atoms with Crippen LogP contribution in [0.15, 0.2) is 48.5 Å². The lowest BCUT2D eigenvalue weighted by Gasteiger charge is -2.34. The number of imide groups is 1. The SMILES string of the molecule is COc1cc(C2CCN(c3cc(Cl)c(C)cc3F)CC2)c(F)cc1N1C(=O)c2ccccc2C1=O. The number of carbonyl (C=O) groups excluding carboxylic acids is 2. The van der Waals surface area contributed by atoms with Crippen molar-refractivity contribution in [1.82, 2.24) is 0 Å². The summed E-state index contributed by atoms with van der Waals surface area (Å²) in [4.78, 5) is 28.7. The van der Waals surface area contributed by atoms with Crippen LogP contribution in [0.2, 0.25) is 5.02 Å². The average molecular weight is 497 g/mol. The molecular formula is C27H23ClF2N2O3. The second kappa shape index (κ2) is 8.96. The molecule has 0 unspecified atom stereocenters. The Kier molecular flexibility index (Phi) is 5.97. The molecule has 2 aliphatic rings. The fraction of sp³-hybridized carbons (Fsp3) is 0.259. The molecule has 1 saturated heterocycles. The molecule has 0 bridgehead atoms. The van der Waals surface area contributed by atoms with E-state index in [0.717, 1.165) is 4.90 Å². The van der Waals surface area contributed by atoms with Crippen molar-refractivity contribution in [2.24, 2.45) is 0 Å². The van der Waals surface area contributed by atoms with Crippen LogP contribution in [0.3, 0.4) is 0 Å². The highest BCUT2D eigenvalue weighted by Crippen LogP contribution is 2.41. The summed E-state index contributed by atoms with van der Waals surface area (Å²) < 4.78 is 35.4. The third-order valence-corrected chi connectivity index (χ3v) is 7.24. The zero-order chi connectivity index (χ0) is 24.9. The maximum atomic E-state index is 15.4. The second-order valence-corrected chi connectivity index (χ2v) is 9.26. The quantitative estimate of drug-likeness (QED) is 0.408. The highest BCUT2D eigenvalue weighted by molar-refractivity contribution is 6.34. The van der Waals surface area contributed by atoms with Gasteiger partial charge in [-0.05, 0) is 67.1 Å². The molecule has 0 atom stereocenters. The predicted octanol–water partition coefficient (Wildman–Crippen LogP) is 6.12. The van der Waals surface area contributed by atoms with E-state index in [0.29, 0.717) is 47.8 Å². The highest BCUT2D eigenvalue weighted by atomic mass is 35.5. The first kappa shape index (κ1) is 23.3. The van der Waals surface area contributed by atoms with E-state index < -0.39 is 17.6 Å². The smallest absolute Gasteiger partial charge is 0.266 e. The summed E-state index contributed by atoms with van der Waals surface area (Å²) in [6.07, 6.45) is 1.19. The van der Waals surface area contributed by atoms with E-state index in [1.807, 2.05) is 4.90 Å². The summed E-state index contributed by atoms with van der Waals surface area (Å²) in [5.41, 5.74) is 2.20. The molecule has 3 aromatic rings. The lowest BCUT2D eigenvalue weighted by atomic mass is 9.88. The molecule has 0 aromatic heterocycles. The fourth-order valence-electron chi connectivity index (χ4n) is 4.93. The number of halogens is 3. The molecular weight excluding hydrogens is 474 g/mol. The lowest BCUT2D eigenvalue weighted by Crippen LogP contribution is -2.34. The number of aryl methyl sites for hydroxylation is 1. The molecule has 180 valence electrons. The van der Waals surface area contributed by atoms with Gasteiger partial charge in [0.2, 0.25) is 0 Å². The Morgan fingerprint density at radius 3 is 2.14 bits per heavy atom. The highest BCUT2D eigenvalue weighted by Gasteiger charge is 2.38. The topological polar surface area (TPSA) is 49.9 Å². The number of anilines is 2. The zero-order valence-corrected chi connectivity index (χ0v) is 20.0. The summed E-state index contributed by atoms with van der Waals surface area (Å²) >= 11 is 6.19. The van der Waals surface area contributed by atoms with Gasteiger partial charge in [-0.3, -0.25) is 9.59 Å². The largest absolute Gasteiger partial charge is 0.495 e. The summed E-state index contributed by atoms with van der Waals surface area (Å²) in [7, 11) is 1.42. The monoisotopic (exact) mass is 496 g/mol. The lowest BCUT2D eigenvalue weighted by molar-refractivity contribution is 0.0925. The van der Waals surface area contributed by atoms with Crippen molar-refractivity contribution in [1.29, 1.82) is 0 Å². The maximum Gasteiger partial charge on any atom is 0.266 e. The van der Waals surface area contributed by atoms with Crippen LogP contribution in [0.25, 0.3) is 0 Å². The van der Waals surface area contributed by atoms with Crippen molar-refractivity contribution in [3.63, 3.8) is 0 Å². The normalized spacial score (nSPS) is 16.1. The summed E-state index contributed by atoms with van der Waals surface area (Å²) in [5.74, 6) is -1.75. The van der Waals surface area contributed by atoms with E-state index >= 15 is 4.39 Å². The van der Waals surface area contributed by atoms with Gasteiger partial charge >= 0.3 is 0 Å². The molecule has 2 amide bonds. The molecule has 2 heterocycles. The first-order valence-corrected chi connectivity index (χ1v) is 11.7. The number of nitrogens with zero attached hydrogens (tertiary/aromatic N) is 2. The zero-order valence-electron chi connectivity index (χ0n) is 19.3. The van der Waals surface area contributed by atoms with Crippen LogP contribution in [0.5, 0.6) is 5.75 Å². The second-order valence-electron chi connectivity index (χ2n) is 8.85. The summed E-state index contributed by atoms with van der Waals surface area (Å²) in [6.45, 7) is 2.81. The molecule has 0 spiro atoms. The summed E-state index contributed by atoms with van der Waals surface area (Å²) in [6, 6.07) is 12.3. The van der Waals surface area contributed by atoms with Gasteiger partial charge in [0.15, 0.2) is 0 Å². The minimum atomic E-state index is -0.514. The third kappa shape index (κ3) is 3.93. The minimum absolute atomic E-state index is 0.0776. The third-order valence-electron chi connectivity index (χ3n) is 6.84. The van der Waals surface area contributed by atoms with Gasteiger partial charge in [0, 0.05) is 24.2 Å². The molecule has 8 heteroatoms. The Hall–Kier alpha value is -3.45. The van der Waals surface area contributed by atoms with Crippen LogP contribution in [0, 0.1) is 18.6 Å². The number of piperidine rings is 1. The number of carbonyl (C=O) groups is 2. The Labute approximate surface area is 206 Å². The summed E-state index contributed by atoms with van der Waals surface area (Å²) in [5, 5.41) is 0.503. The molecule has 0 N–H and O–H groups in total. The fourth-order valence-corrected chi connectivity index (χ4v) is 5.09. The van der Waals surface area contributed by atoms with Gasteiger partial charge in [-0.25, -0.2) is 13.7 Å². The van der Waals surface area contributed by atoms with E-state index in [4.69, 9.17) is 16.3 Å². The van der Waals surface area contributed by atoms with Crippen molar-refractivity contribution in [2.75, 3.05) is 30.0 Å². The van der Waals surface area contributed by atoms with E-state index in [-0.39, 0.29) is 34.3 Å². The van der Waals surface area contributed by atoms with Gasteiger partial charge in [-0.15, -0.1) is 0 Å². The Bertz CT molecular complexity index is 1320. The van der Waals surface area contributed by atoms with Crippen molar-refractivity contribution in [2.45, 2.75) is 25.7 Å². The van der Waals surface area contributed by atoms with E-state index in [2.05, 4.69) is 0 Å². The maximum absolute atomic E-state index is 15.4. The number of amides is 2. The average Bonchev–Trinajstić information content (AvgIpc) is 3.11. The first-order chi connectivity index (χ1) is 16.8. The number of ether oxygens (including phenoxy) is 1. The van der Waals surface area contributed by atoms with Gasteiger partial charge in [-0.1, -0.05) is 23.7 Å². The molecule has 0 saturated carbocycles. The van der Waals surface area contributed by atoms with Crippen LogP contribution in [-0.2, 0) is 0 Å². The Balaban J connectivity index is 1.40. The Morgan fingerprint density at radius 2 is 1.54 bits per heavy atom. The van der Waals surface area contributed by atoms with Gasteiger partial charge in [0.25, 0.3) is 11.8 Å². The van der Waals surface area contributed by atoms with Gasteiger partial charge < -0.3 is 9.64 Å². The number of fused-ring (bicyclic) bond motifs is 1. The molecule has 3 aromatic carbocycles. The van der Waals surface area contributed by atoms with Gasteiger partial charge in [0.05, 0.1) is 29.6 Å². The Morgan fingerprint density at radius 1 is 0.914 bits per heavy atom. The van der Waals surface area contributed by atoms with Crippen molar-refractivity contribution >= 4 is 34.8 Å². The van der Waals surface area contributed by atoms with Crippen molar-refractivity contribution < 1.29 is 23.1 Å².